The third-order valence-corrected chi connectivity index (χ3v) is 0.696. The third kappa shape index (κ3) is 0.418. The highest BCUT2D eigenvalue weighted by Crippen LogP contribution is 2.11. The second-order valence-electron chi connectivity index (χ2n) is 1.20. The topological polar surface area (TPSA) is 55.6 Å². The van der Waals surface area contributed by atoms with Gasteiger partial charge in [-0.1, -0.05) is 0 Å². The predicted molar refractivity (Wildman–Crippen MR) is 18.9 cm³/mol. The van der Waals surface area contributed by atoms with Crippen LogP contribution in [0.25, 0.3) is 0 Å². The molecule has 1 saturated heterocycles. The molecule has 1 heterocycles. The number of hydrogen-bond acceptors (Lipinski definition) is 3. The number of hydrogen-bond donors (Lipinski definition) is 1. The Bertz CT molecular complexity index is 73.2. The van der Waals surface area contributed by atoms with Crippen LogP contribution in [-0.2, 0) is 9.53 Å². The van der Waals surface area contributed by atoms with Crippen LogP contribution in [0.15, 0.2) is 0 Å². The Morgan fingerprint density at radius 3 is 2.33 bits per heavy atom. The van der Waals surface area contributed by atoms with E-state index in [1.165, 1.54) is 0 Å². The van der Waals surface area contributed by atoms with Gasteiger partial charge >= 0.3 is 0 Å². The molecule has 0 aromatic heterocycles. The molecular weight excluding hydrogens is 82.0 g/mol. The van der Waals surface area contributed by atoms with Crippen LogP contribution < -0.4 is 5.73 Å². The van der Waals surface area contributed by atoms with E-state index in [2.05, 4.69) is 4.74 Å². The highest BCUT2D eigenvalue weighted by Gasteiger charge is 2.34. The van der Waals surface area contributed by atoms with Crippen LogP contribution in [0.4, 0.5) is 0 Å². The van der Waals surface area contributed by atoms with Gasteiger partial charge in [-0.2, -0.15) is 0 Å². The van der Waals surface area contributed by atoms with Gasteiger partial charge in [0.05, 0.1) is 0 Å². The van der Waals surface area contributed by atoms with Crippen molar-refractivity contribution >= 4 is 6.29 Å². The van der Waals surface area contributed by atoms with Crippen molar-refractivity contribution in [2.24, 2.45) is 5.73 Å². The molecule has 0 spiro atoms. The molecule has 0 amide bonds. The van der Waals surface area contributed by atoms with Crippen molar-refractivity contribution in [1.29, 1.82) is 0 Å². The van der Waals surface area contributed by atoms with Crippen LogP contribution in [0.2, 0.25) is 0 Å². The minimum absolute atomic E-state index is 0.301. The molecule has 1 aliphatic heterocycles. The summed E-state index contributed by atoms with van der Waals surface area (Å²) in [5.41, 5.74) is 5.02. The summed E-state index contributed by atoms with van der Waals surface area (Å²) in [4.78, 5) is 9.57. The Kier molecular flexibility index (Phi) is 0.645. The fraction of sp³-hybridized carbons (Fsp3) is 0.667. The van der Waals surface area contributed by atoms with Crippen LogP contribution in [-0.4, -0.2) is 18.6 Å². The zero-order chi connectivity index (χ0) is 4.57. The van der Waals surface area contributed by atoms with Gasteiger partial charge in [0, 0.05) is 0 Å². The molecular formula is C3H5NO2. The summed E-state index contributed by atoms with van der Waals surface area (Å²) in [7, 11) is 0. The molecule has 1 fully saturated rings. The minimum atomic E-state index is -0.303. The Balaban J connectivity index is 2.25. The molecule has 2 unspecified atom stereocenters. The van der Waals surface area contributed by atoms with Crippen molar-refractivity contribution in [3.05, 3.63) is 0 Å². The number of carbonyl (C=O) groups is 1. The summed E-state index contributed by atoms with van der Waals surface area (Å²) in [6.45, 7) is 0. The van der Waals surface area contributed by atoms with Crippen molar-refractivity contribution in [3.8, 4) is 0 Å². The summed E-state index contributed by atoms with van der Waals surface area (Å²) >= 11 is 0. The van der Waals surface area contributed by atoms with Gasteiger partial charge in [0.15, 0.2) is 12.4 Å². The molecule has 1 aliphatic rings. The lowest BCUT2D eigenvalue weighted by Gasteiger charge is -1.60. The molecule has 0 aromatic rings. The number of nitrogens with two attached hydrogens (primary N) is 1. The van der Waals surface area contributed by atoms with Crippen LogP contribution in [0.3, 0.4) is 0 Å². The van der Waals surface area contributed by atoms with Gasteiger partial charge in [0.2, 0.25) is 0 Å². The SMILES string of the molecule is NC1OC1C=O. The predicted octanol–water partition coefficient (Wildman–Crippen LogP) is -1.13. The van der Waals surface area contributed by atoms with Gasteiger partial charge in [0.25, 0.3) is 0 Å². The van der Waals surface area contributed by atoms with Gasteiger partial charge in [-0.25, -0.2) is 0 Å². The number of aldehydes is 1. The zero-order valence-electron chi connectivity index (χ0n) is 3.13. The van der Waals surface area contributed by atoms with Crippen LogP contribution in [0.1, 0.15) is 0 Å². The summed E-state index contributed by atoms with van der Waals surface area (Å²) in [6.07, 6.45) is 0.0949. The van der Waals surface area contributed by atoms with Gasteiger partial charge in [-0.05, 0) is 0 Å². The van der Waals surface area contributed by atoms with E-state index < -0.39 is 0 Å². The highest BCUT2D eigenvalue weighted by molar-refractivity contribution is 5.60. The first-order valence-electron chi connectivity index (χ1n) is 1.71. The smallest absolute Gasteiger partial charge is 0.154 e. The van der Waals surface area contributed by atoms with Gasteiger partial charge < -0.3 is 15.3 Å². The maximum Gasteiger partial charge on any atom is 0.154 e. The number of epoxide rings is 1. The maximum atomic E-state index is 9.57. The molecule has 0 aromatic carbocycles. The molecule has 0 aliphatic carbocycles. The average molecular weight is 87.1 g/mol. The lowest BCUT2D eigenvalue weighted by Crippen LogP contribution is -2.05. The van der Waals surface area contributed by atoms with E-state index in [9.17, 15) is 4.79 Å². The monoisotopic (exact) mass is 87.0 g/mol. The third-order valence-electron chi connectivity index (χ3n) is 0.696. The standard InChI is InChI=1S/C3H5NO2/c4-3-2(1-5)6-3/h1-3H,4H2. The quantitative estimate of drug-likeness (QED) is 0.325. The van der Waals surface area contributed by atoms with E-state index in [-0.39, 0.29) is 12.3 Å². The number of ether oxygens (including phenoxy) is 1. The summed E-state index contributed by atoms with van der Waals surface area (Å²) in [6, 6.07) is 0. The van der Waals surface area contributed by atoms with E-state index in [4.69, 9.17) is 5.73 Å². The fourth-order valence-corrected chi connectivity index (χ4v) is 0.246. The molecule has 3 heteroatoms. The largest absolute Gasteiger partial charge is 0.345 e. The van der Waals surface area contributed by atoms with Crippen LogP contribution in [0, 0.1) is 0 Å². The zero-order valence-corrected chi connectivity index (χ0v) is 3.13. The number of carbonyl (C=O) groups excluding carboxylic acids is 1. The lowest BCUT2D eigenvalue weighted by atomic mass is 10.5. The minimum Gasteiger partial charge on any atom is -0.345 e. The lowest BCUT2D eigenvalue weighted by molar-refractivity contribution is -0.108. The summed E-state index contributed by atoms with van der Waals surface area (Å²) < 4.78 is 4.48. The first kappa shape index (κ1) is 3.77. The number of rotatable bonds is 1. The molecule has 34 valence electrons. The van der Waals surface area contributed by atoms with Crippen molar-refractivity contribution in [1.82, 2.24) is 0 Å². The molecule has 2 N–H and O–H groups in total. The fourth-order valence-electron chi connectivity index (χ4n) is 0.246. The normalized spacial score (nSPS) is 42.2. The molecule has 0 radical (unpaired) electrons. The molecule has 0 bridgehead atoms. The van der Waals surface area contributed by atoms with E-state index in [0.29, 0.717) is 6.29 Å². The second-order valence-corrected chi connectivity index (χ2v) is 1.20. The first-order chi connectivity index (χ1) is 2.84. The van der Waals surface area contributed by atoms with Crippen LogP contribution >= 0.6 is 0 Å². The van der Waals surface area contributed by atoms with Gasteiger partial charge in [-0.15, -0.1) is 0 Å². The second kappa shape index (κ2) is 1.03. The Hall–Kier alpha value is -0.410. The van der Waals surface area contributed by atoms with E-state index in [1.807, 2.05) is 0 Å². The summed E-state index contributed by atoms with van der Waals surface area (Å²) in [5, 5.41) is 0. The molecule has 3 nitrogen and oxygen atoms in total. The molecule has 6 heavy (non-hydrogen) atoms. The van der Waals surface area contributed by atoms with Crippen molar-refractivity contribution in [3.63, 3.8) is 0 Å². The average Bonchev–Trinajstić information content (AvgIpc) is 2.19. The van der Waals surface area contributed by atoms with Gasteiger partial charge in [-0.3, -0.25) is 0 Å². The van der Waals surface area contributed by atoms with E-state index in [0.717, 1.165) is 0 Å². The van der Waals surface area contributed by atoms with Crippen molar-refractivity contribution < 1.29 is 9.53 Å². The van der Waals surface area contributed by atoms with Crippen LogP contribution in [0.5, 0.6) is 0 Å². The molecule has 1 rings (SSSR count). The Morgan fingerprint density at radius 1 is 1.83 bits per heavy atom. The van der Waals surface area contributed by atoms with E-state index >= 15 is 0 Å². The van der Waals surface area contributed by atoms with Crippen molar-refractivity contribution in [2.75, 3.05) is 0 Å². The highest BCUT2D eigenvalue weighted by atomic mass is 16.6. The maximum absolute atomic E-state index is 9.57. The van der Waals surface area contributed by atoms with Gasteiger partial charge in [0.1, 0.15) is 6.23 Å². The Morgan fingerprint density at radius 2 is 2.33 bits per heavy atom. The summed E-state index contributed by atoms with van der Waals surface area (Å²) in [5.74, 6) is 0. The van der Waals surface area contributed by atoms with E-state index in [1.54, 1.807) is 0 Å². The first-order valence-corrected chi connectivity index (χ1v) is 1.71. The molecule has 2 atom stereocenters. The van der Waals surface area contributed by atoms with Crippen molar-refractivity contribution in [2.45, 2.75) is 12.3 Å². The Labute approximate surface area is 35.1 Å². The molecule has 0 saturated carbocycles.